The van der Waals surface area contributed by atoms with E-state index in [4.69, 9.17) is 4.42 Å². The van der Waals surface area contributed by atoms with E-state index < -0.39 is 0 Å². The number of thiophene rings is 1. The van der Waals surface area contributed by atoms with Crippen molar-refractivity contribution in [2.24, 2.45) is 5.92 Å². The number of hydrogen-bond acceptors (Lipinski definition) is 4. The van der Waals surface area contributed by atoms with Crippen LogP contribution in [0.15, 0.2) is 34.3 Å². The van der Waals surface area contributed by atoms with E-state index in [1.165, 1.54) is 0 Å². The molecule has 0 aromatic carbocycles. The minimum atomic E-state index is -0.219. The Morgan fingerprint density at radius 1 is 1.48 bits per heavy atom. The summed E-state index contributed by atoms with van der Waals surface area (Å²) in [4.78, 5) is 27.5. The molecular formula is C17H20N2O3S. The zero-order valence-electron chi connectivity index (χ0n) is 13.2. The van der Waals surface area contributed by atoms with Gasteiger partial charge in [-0.3, -0.25) is 9.59 Å². The van der Waals surface area contributed by atoms with Gasteiger partial charge >= 0.3 is 0 Å². The summed E-state index contributed by atoms with van der Waals surface area (Å²) in [5.74, 6) is 0.682. The fourth-order valence-corrected chi connectivity index (χ4v) is 4.00. The van der Waals surface area contributed by atoms with Crippen molar-refractivity contribution < 1.29 is 14.0 Å². The molecule has 0 saturated carbocycles. The van der Waals surface area contributed by atoms with E-state index in [0.29, 0.717) is 19.4 Å². The summed E-state index contributed by atoms with van der Waals surface area (Å²) in [6, 6.07) is 5.63. The highest BCUT2D eigenvalue weighted by Gasteiger charge is 2.39. The summed E-state index contributed by atoms with van der Waals surface area (Å²) < 4.78 is 5.25. The van der Waals surface area contributed by atoms with Gasteiger partial charge in [0.25, 0.3) is 0 Å². The van der Waals surface area contributed by atoms with Gasteiger partial charge in [0.1, 0.15) is 5.76 Å². The van der Waals surface area contributed by atoms with Crippen LogP contribution in [0.25, 0.3) is 0 Å². The summed E-state index contributed by atoms with van der Waals surface area (Å²) in [7, 11) is 1.78. The average molecular weight is 332 g/mol. The third-order valence-electron chi connectivity index (χ3n) is 4.45. The van der Waals surface area contributed by atoms with Crippen LogP contribution < -0.4 is 5.32 Å². The summed E-state index contributed by atoms with van der Waals surface area (Å²) in [6.45, 7) is 2.33. The lowest BCUT2D eigenvalue weighted by Gasteiger charge is -2.37. The molecule has 1 saturated heterocycles. The molecule has 2 aromatic heterocycles. The van der Waals surface area contributed by atoms with Gasteiger partial charge in [0.2, 0.25) is 11.8 Å². The van der Waals surface area contributed by atoms with Crippen LogP contribution in [0.4, 0.5) is 0 Å². The van der Waals surface area contributed by atoms with E-state index in [2.05, 4.69) is 5.32 Å². The van der Waals surface area contributed by atoms with Gasteiger partial charge < -0.3 is 14.6 Å². The second-order valence-corrected chi connectivity index (χ2v) is 6.81. The first-order chi connectivity index (χ1) is 11.1. The highest BCUT2D eigenvalue weighted by molar-refractivity contribution is 7.10. The van der Waals surface area contributed by atoms with Crippen molar-refractivity contribution >= 4 is 23.2 Å². The van der Waals surface area contributed by atoms with Crippen LogP contribution in [0.3, 0.4) is 0 Å². The number of nitrogens with one attached hydrogen (secondary N) is 1. The second-order valence-electron chi connectivity index (χ2n) is 5.83. The highest BCUT2D eigenvalue weighted by atomic mass is 32.1. The Hall–Kier alpha value is -2.08. The quantitative estimate of drug-likeness (QED) is 0.936. The molecule has 3 rings (SSSR count). The number of likely N-dealkylation sites (tertiary alicyclic amines) is 1. The predicted molar refractivity (Wildman–Crippen MR) is 87.8 cm³/mol. The standard InChI is InChI=1S/C17H20N2O3S/c1-11-12(7-8-22-11)10-18-17(21)13-5-6-15(20)19(2)16(13)14-4-3-9-23-14/h3-4,7-9,13,16H,5-6,10H2,1-2H3,(H,18,21)/t13-,16+/m0/s1. The number of nitrogens with zero attached hydrogens (tertiary/aromatic N) is 1. The van der Waals surface area contributed by atoms with Gasteiger partial charge in [0.05, 0.1) is 18.2 Å². The molecule has 1 aliphatic heterocycles. The van der Waals surface area contributed by atoms with Crippen LogP contribution in [0.5, 0.6) is 0 Å². The highest BCUT2D eigenvalue weighted by Crippen LogP contribution is 2.37. The first kappa shape index (κ1) is 15.8. The Balaban J connectivity index is 1.74. The maximum absolute atomic E-state index is 12.7. The van der Waals surface area contributed by atoms with Gasteiger partial charge in [-0.15, -0.1) is 11.3 Å². The van der Waals surface area contributed by atoms with Crippen LogP contribution in [-0.2, 0) is 16.1 Å². The third-order valence-corrected chi connectivity index (χ3v) is 5.39. The maximum atomic E-state index is 12.7. The van der Waals surface area contributed by atoms with E-state index in [-0.39, 0.29) is 23.8 Å². The van der Waals surface area contributed by atoms with E-state index in [1.54, 1.807) is 29.5 Å². The van der Waals surface area contributed by atoms with Crippen molar-refractivity contribution in [2.75, 3.05) is 7.05 Å². The van der Waals surface area contributed by atoms with Crippen LogP contribution in [-0.4, -0.2) is 23.8 Å². The Labute approximate surface area is 139 Å². The zero-order chi connectivity index (χ0) is 16.4. The summed E-state index contributed by atoms with van der Waals surface area (Å²) in [6.07, 6.45) is 2.63. The molecular weight excluding hydrogens is 312 g/mol. The molecule has 5 nitrogen and oxygen atoms in total. The normalized spacial score (nSPS) is 21.5. The van der Waals surface area contributed by atoms with Gasteiger partial charge in [-0.05, 0) is 30.9 Å². The monoisotopic (exact) mass is 332 g/mol. The number of furan rings is 1. The van der Waals surface area contributed by atoms with Crippen LogP contribution in [0.2, 0.25) is 0 Å². The predicted octanol–water partition coefficient (Wildman–Crippen LogP) is 2.88. The molecule has 0 aliphatic carbocycles. The van der Waals surface area contributed by atoms with Crippen molar-refractivity contribution in [3.63, 3.8) is 0 Å². The average Bonchev–Trinajstić information content (AvgIpc) is 3.19. The molecule has 0 spiro atoms. The first-order valence-corrected chi connectivity index (χ1v) is 8.55. The Bertz CT molecular complexity index is 693. The lowest BCUT2D eigenvalue weighted by molar-refractivity contribution is -0.141. The first-order valence-electron chi connectivity index (χ1n) is 7.67. The summed E-state index contributed by atoms with van der Waals surface area (Å²) >= 11 is 1.59. The largest absolute Gasteiger partial charge is 0.469 e. The van der Waals surface area contributed by atoms with E-state index in [1.807, 2.05) is 30.5 Å². The molecule has 1 N–H and O–H groups in total. The number of aryl methyl sites for hydroxylation is 1. The van der Waals surface area contributed by atoms with Crippen molar-refractivity contribution in [3.8, 4) is 0 Å². The molecule has 3 heterocycles. The maximum Gasteiger partial charge on any atom is 0.225 e. The van der Waals surface area contributed by atoms with Crippen molar-refractivity contribution in [1.82, 2.24) is 10.2 Å². The fraction of sp³-hybridized carbons (Fsp3) is 0.412. The number of carbonyl (C=O) groups is 2. The number of carbonyl (C=O) groups excluding carboxylic acids is 2. The van der Waals surface area contributed by atoms with E-state index in [9.17, 15) is 9.59 Å². The van der Waals surface area contributed by atoms with Gasteiger partial charge in [-0.25, -0.2) is 0 Å². The number of amides is 2. The molecule has 6 heteroatoms. The van der Waals surface area contributed by atoms with Gasteiger partial charge in [-0.2, -0.15) is 0 Å². The van der Waals surface area contributed by atoms with E-state index >= 15 is 0 Å². The molecule has 2 atom stereocenters. The second kappa shape index (κ2) is 6.58. The molecule has 2 amide bonds. The van der Waals surface area contributed by atoms with Gasteiger partial charge in [0, 0.05) is 30.5 Å². The SMILES string of the molecule is Cc1occc1CNC(=O)[C@H]1CCC(=O)N(C)[C@H]1c1cccs1. The van der Waals surface area contributed by atoms with Gasteiger partial charge in [-0.1, -0.05) is 6.07 Å². The number of hydrogen-bond donors (Lipinski definition) is 1. The molecule has 0 unspecified atom stereocenters. The van der Waals surface area contributed by atoms with Crippen molar-refractivity contribution in [3.05, 3.63) is 46.0 Å². The molecule has 1 fully saturated rings. The molecule has 122 valence electrons. The number of piperidine rings is 1. The smallest absolute Gasteiger partial charge is 0.225 e. The summed E-state index contributed by atoms with van der Waals surface area (Å²) in [5.41, 5.74) is 0.978. The Morgan fingerprint density at radius 3 is 2.96 bits per heavy atom. The van der Waals surface area contributed by atoms with Crippen molar-refractivity contribution in [2.45, 2.75) is 32.4 Å². The Kier molecular flexibility index (Phi) is 4.52. The minimum absolute atomic E-state index is 0.0108. The fourth-order valence-electron chi connectivity index (χ4n) is 3.07. The van der Waals surface area contributed by atoms with E-state index in [0.717, 1.165) is 16.2 Å². The lowest BCUT2D eigenvalue weighted by Crippen LogP contribution is -2.45. The number of rotatable bonds is 4. The molecule has 1 aliphatic rings. The molecule has 0 bridgehead atoms. The lowest BCUT2D eigenvalue weighted by atomic mass is 9.87. The summed E-state index contributed by atoms with van der Waals surface area (Å²) in [5, 5.41) is 4.97. The van der Waals surface area contributed by atoms with Gasteiger partial charge in [0.15, 0.2) is 0 Å². The zero-order valence-corrected chi connectivity index (χ0v) is 14.1. The van der Waals surface area contributed by atoms with Crippen molar-refractivity contribution in [1.29, 1.82) is 0 Å². The molecule has 0 radical (unpaired) electrons. The minimum Gasteiger partial charge on any atom is -0.469 e. The third kappa shape index (κ3) is 3.17. The van der Waals surface area contributed by atoms with Crippen LogP contribution in [0, 0.1) is 12.8 Å². The molecule has 2 aromatic rings. The molecule has 23 heavy (non-hydrogen) atoms. The van der Waals surface area contributed by atoms with Crippen LogP contribution in [0.1, 0.15) is 35.1 Å². The topological polar surface area (TPSA) is 62.6 Å². The Morgan fingerprint density at radius 2 is 2.30 bits per heavy atom. The van der Waals surface area contributed by atoms with Crippen LogP contribution >= 0.6 is 11.3 Å².